The van der Waals surface area contributed by atoms with Gasteiger partial charge in [-0.3, -0.25) is 9.59 Å². The maximum absolute atomic E-state index is 12.2. The summed E-state index contributed by atoms with van der Waals surface area (Å²) in [7, 11) is 0. The SMILES string of the molecule is Cc1ccc(-c2ncc(C(=O)NC3CCCOC3)c(=O)[nH]2)cc1. The largest absolute Gasteiger partial charge is 0.379 e. The van der Waals surface area contributed by atoms with E-state index >= 15 is 0 Å². The van der Waals surface area contributed by atoms with Crippen LogP contribution in [-0.4, -0.2) is 35.1 Å². The first-order valence-electron chi connectivity index (χ1n) is 7.68. The van der Waals surface area contributed by atoms with E-state index in [0.29, 0.717) is 12.4 Å². The van der Waals surface area contributed by atoms with Crippen molar-refractivity contribution in [3.05, 3.63) is 51.9 Å². The monoisotopic (exact) mass is 313 g/mol. The number of aryl methyl sites for hydroxylation is 1. The lowest BCUT2D eigenvalue weighted by Gasteiger charge is -2.22. The van der Waals surface area contributed by atoms with E-state index in [0.717, 1.165) is 30.6 Å². The zero-order valence-electron chi connectivity index (χ0n) is 13.0. The van der Waals surface area contributed by atoms with Gasteiger partial charge in [0.1, 0.15) is 11.4 Å². The molecule has 23 heavy (non-hydrogen) atoms. The second-order valence-electron chi connectivity index (χ2n) is 5.73. The summed E-state index contributed by atoms with van der Waals surface area (Å²) in [6, 6.07) is 7.60. The van der Waals surface area contributed by atoms with E-state index in [4.69, 9.17) is 4.74 Å². The molecular formula is C17H19N3O3. The van der Waals surface area contributed by atoms with Crippen molar-refractivity contribution in [1.29, 1.82) is 0 Å². The highest BCUT2D eigenvalue weighted by molar-refractivity contribution is 5.93. The molecule has 1 saturated heterocycles. The zero-order valence-corrected chi connectivity index (χ0v) is 13.0. The van der Waals surface area contributed by atoms with Gasteiger partial charge >= 0.3 is 0 Å². The number of hydrogen-bond acceptors (Lipinski definition) is 4. The van der Waals surface area contributed by atoms with Crippen LogP contribution in [0.5, 0.6) is 0 Å². The second kappa shape index (κ2) is 6.75. The quantitative estimate of drug-likeness (QED) is 0.902. The Kier molecular flexibility index (Phi) is 4.52. The van der Waals surface area contributed by atoms with Crippen molar-refractivity contribution in [3.63, 3.8) is 0 Å². The van der Waals surface area contributed by atoms with E-state index in [-0.39, 0.29) is 11.6 Å². The predicted molar refractivity (Wildman–Crippen MR) is 86.3 cm³/mol. The average Bonchev–Trinajstić information content (AvgIpc) is 2.56. The Labute approximate surface area is 133 Å². The fourth-order valence-electron chi connectivity index (χ4n) is 2.53. The van der Waals surface area contributed by atoms with Crippen LogP contribution < -0.4 is 10.9 Å². The molecule has 0 spiro atoms. The number of rotatable bonds is 3. The Morgan fingerprint density at radius 3 is 2.78 bits per heavy atom. The third-order valence-corrected chi connectivity index (χ3v) is 3.86. The van der Waals surface area contributed by atoms with Gasteiger partial charge in [-0.15, -0.1) is 0 Å². The summed E-state index contributed by atoms with van der Waals surface area (Å²) in [6.07, 6.45) is 3.09. The minimum absolute atomic E-state index is 0.0198. The van der Waals surface area contributed by atoms with Gasteiger partial charge in [-0.05, 0) is 19.8 Å². The Balaban J connectivity index is 1.77. The van der Waals surface area contributed by atoms with Crippen LogP contribution in [0.1, 0.15) is 28.8 Å². The summed E-state index contributed by atoms with van der Waals surface area (Å²) in [5.41, 5.74) is 1.51. The smallest absolute Gasteiger partial charge is 0.264 e. The number of nitrogens with zero attached hydrogens (tertiary/aromatic N) is 1. The van der Waals surface area contributed by atoms with Crippen LogP contribution in [0.25, 0.3) is 11.4 Å². The molecule has 3 rings (SSSR count). The summed E-state index contributed by atoms with van der Waals surface area (Å²) in [5, 5.41) is 2.82. The number of benzene rings is 1. The van der Waals surface area contributed by atoms with Crippen LogP contribution in [0, 0.1) is 6.92 Å². The molecule has 0 saturated carbocycles. The van der Waals surface area contributed by atoms with Crippen molar-refractivity contribution in [2.45, 2.75) is 25.8 Å². The molecule has 1 aromatic carbocycles. The lowest BCUT2D eigenvalue weighted by molar-refractivity contribution is 0.0623. The van der Waals surface area contributed by atoms with Gasteiger partial charge in [0.05, 0.1) is 12.6 Å². The summed E-state index contributed by atoms with van der Waals surface area (Å²) in [5.74, 6) is 0.0391. The minimum atomic E-state index is -0.440. The summed E-state index contributed by atoms with van der Waals surface area (Å²) >= 11 is 0. The van der Waals surface area contributed by atoms with Gasteiger partial charge in [-0.25, -0.2) is 4.98 Å². The predicted octanol–water partition coefficient (Wildman–Crippen LogP) is 1.65. The first kappa shape index (κ1) is 15.4. The van der Waals surface area contributed by atoms with Crippen LogP contribution >= 0.6 is 0 Å². The van der Waals surface area contributed by atoms with Crippen molar-refractivity contribution in [2.24, 2.45) is 0 Å². The number of carbonyl (C=O) groups is 1. The Hall–Kier alpha value is -2.47. The highest BCUT2D eigenvalue weighted by atomic mass is 16.5. The Morgan fingerprint density at radius 2 is 2.13 bits per heavy atom. The number of aromatic amines is 1. The number of nitrogens with one attached hydrogen (secondary N) is 2. The van der Waals surface area contributed by atoms with Crippen LogP contribution in [-0.2, 0) is 4.74 Å². The van der Waals surface area contributed by atoms with Crippen LogP contribution in [0.4, 0.5) is 0 Å². The standard InChI is InChI=1S/C17H19N3O3/c1-11-4-6-12(7-5-11)15-18-9-14(17(22)20-15)16(21)19-13-3-2-8-23-10-13/h4-7,9,13H,2-3,8,10H2,1H3,(H,19,21)(H,18,20,22). The number of H-pyrrole nitrogens is 1. The third kappa shape index (κ3) is 3.65. The fourth-order valence-corrected chi connectivity index (χ4v) is 2.53. The lowest BCUT2D eigenvalue weighted by Crippen LogP contribution is -2.42. The molecule has 1 aliphatic rings. The van der Waals surface area contributed by atoms with Gasteiger partial charge in [0.25, 0.3) is 11.5 Å². The lowest BCUT2D eigenvalue weighted by atomic mass is 10.1. The molecule has 2 heterocycles. The van der Waals surface area contributed by atoms with E-state index in [9.17, 15) is 9.59 Å². The maximum atomic E-state index is 12.2. The molecule has 2 N–H and O–H groups in total. The van der Waals surface area contributed by atoms with Crippen molar-refractivity contribution < 1.29 is 9.53 Å². The molecule has 1 aromatic heterocycles. The molecule has 2 aromatic rings. The zero-order chi connectivity index (χ0) is 16.2. The molecule has 1 unspecified atom stereocenters. The molecule has 6 heteroatoms. The molecule has 1 fully saturated rings. The van der Waals surface area contributed by atoms with Gasteiger partial charge in [0.2, 0.25) is 0 Å². The number of aromatic nitrogens is 2. The van der Waals surface area contributed by atoms with Gasteiger partial charge in [0.15, 0.2) is 0 Å². The van der Waals surface area contributed by atoms with E-state index < -0.39 is 11.5 Å². The highest BCUT2D eigenvalue weighted by Gasteiger charge is 2.19. The summed E-state index contributed by atoms with van der Waals surface area (Å²) in [6.45, 7) is 3.20. The molecule has 0 radical (unpaired) electrons. The normalized spacial score (nSPS) is 17.7. The molecule has 1 aliphatic heterocycles. The van der Waals surface area contributed by atoms with Crippen molar-refractivity contribution in [3.8, 4) is 11.4 Å². The first-order chi connectivity index (χ1) is 11.1. The molecule has 1 amide bonds. The van der Waals surface area contributed by atoms with Crippen LogP contribution in [0.3, 0.4) is 0 Å². The van der Waals surface area contributed by atoms with Gasteiger partial charge in [-0.2, -0.15) is 0 Å². The molecule has 0 aliphatic carbocycles. The van der Waals surface area contributed by atoms with Gasteiger partial charge in [0, 0.05) is 18.4 Å². The Bertz CT molecular complexity index is 746. The second-order valence-corrected chi connectivity index (χ2v) is 5.73. The summed E-state index contributed by atoms with van der Waals surface area (Å²) in [4.78, 5) is 31.3. The third-order valence-electron chi connectivity index (χ3n) is 3.86. The van der Waals surface area contributed by atoms with E-state index in [1.165, 1.54) is 6.20 Å². The summed E-state index contributed by atoms with van der Waals surface area (Å²) < 4.78 is 5.32. The molecule has 0 bridgehead atoms. The van der Waals surface area contributed by atoms with Crippen molar-refractivity contribution in [2.75, 3.05) is 13.2 Å². The van der Waals surface area contributed by atoms with Gasteiger partial charge < -0.3 is 15.0 Å². The number of hydrogen-bond donors (Lipinski definition) is 2. The van der Waals surface area contributed by atoms with Crippen LogP contribution in [0.15, 0.2) is 35.3 Å². The highest BCUT2D eigenvalue weighted by Crippen LogP contribution is 2.14. The molecule has 6 nitrogen and oxygen atoms in total. The molecular weight excluding hydrogens is 294 g/mol. The van der Waals surface area contributed by atoms with E-state index in [1.54, 1.807) is 0 Å². The number of carbonyl (C=O) groups excluding carboxylic acids is 1. The van der Waals surface area contributed by atoms with Crippen LogP contribution in [0.2, 0.25) is 0 Å². The average molecular weight is 313 g/mol. The fraction of sp³-hybridized carbons (Fsp3) is 0.353. The number of amides is 1. The van der Waals surface area contributed by atoms with Gasteiger partial charge in [-0.1, -0.05) is 29.8 Å². The van der Waals surface area contributed by atoms with E-state index in [2.05, 4.69) is 15.3 Å². The Morgan fingerprint density at radius 1 is 1.35 bits per heavy atom. The van der Waals surface area contributed by atoms with Crippen molar-refractivity contribution >= 4 is 5.91 Å². The maximum Gasteiger partial charge on any atom is 0.264 e. The number of ether oxygens (including phenoxy) is 1. The first-order valence-corrected chi connectivity index (χ1v) is 7.68. The minimum Gasteiger partial charge on any atom is -0.379 e. The van der Waals surface area contributed by atoms with Crippen molar-refractivity contribution in [1.82, 2.24) is 15.3 Å². The molecule has 120 valence electrons. The topological polar surface area (TPSA) is 84.1 Å². The van der Waals surface area contributed by atoms with E-state index in [1.807, 2.05) is 31.2 Å². The molecule has 1 atom stereocenters.